The Morgan fingerprint density at radius 2 is 1.49 bits per heavy atom. The van der Waals surface area contributed by atoms with Crippen LogP contribution in [0.1, 0.15) is 47.1 Å². The molecule has 0 spiro atoms. The van der Waals surface area contributed by atoms with Crippen molar-refractivity contribution in [1.82, 2.24) is 9.47 Å². The molecule has 1 atom stereocenters. The summed E-state index contributed by atoms with van der Waals surface area (Å²) in [5, 5.41) is 0. The molecule has 4 aromatic rings. The van der Waals surface area contributed by atoms with E-state index < -0.39 is 0 Å². The summed E-state index contributed by atoms with van der Waals surface area (Å²) in [7, 11) is 0. The molecule has 1 aliphatic rings. The highest BCUT2D eigenvalue weighted by Gasteiger charge is 2.37. The van der Waals surface area contributed by atoms with Gasteiger partial charge in [-0.2, -0.15) is 0 Å². The monoisotopic (exact) mass is 463 g/mol. The Bertz CT molecular complexity index is 1360. The third-order valence-corrected chi connectivity index (χ3v) is 6.59. The van der Waals surface area contributed by atoms with E-state index in [-0.39, 0.29) is 30.4 Å². The van der Waals surface area contributed by atoms with Crippen molar-refractivity contribution in [1.29, 1.82) is 0 Å². The van der Waals surface area contributed by atoms with Crippen molar-refractivity contribution in [2.24, 2.45) is 0 Å². The van der Waals surface area contributed by atoms with Gasteiger partial charge >= 0.3 is 0 Å². The predicted molar refractivity (Wildman–Crippen MR) is 139 cm³/mol. The van der Waals surface area contributed by atoms with Gasteiger partial charge in [-0.15, -0.1) is 0 Å². The molecule has 1 aliphatic heterocycles. The lowest BCUT2D eigenvalue weighted by atomic mass is 9.97. The quantitative estimate of drug-likeness (QED) is 0.377. The minimum Gasteiger partial charge on any atom is -0.327 e. The molecule has 3 aromatic carbocycles. The van der Waals surface area contributed by atoms with Crippen molar-refractivity contribution in [3.05, 3.63) is 120 Å². The van der Waals surface area contributed by atoms with Crippen molar-refractivity contribution in [2.75, 3.05) is 11.4 Å². The van der Waals surface area contributed by atoms with Crippen LogP contribution in [0.5, 0.6) is 0 Å². The first-order chi connectivity index (χ1) is 17.0. The summed E-state index contributed by atoms with van der Waals surface area (Å²) in [6.07, 6.45) is 2.04. The van der Waals surface area contributed by atoms with Gasteiger partial charge in [0, 0.05) is 17.8 Å². The number of rotatable bonds is 5. The number of carbonyl (C=O) groups excluding carboxylic acids is 2. The highest BCUT2D eigenvalue weighted by molar-refractivity contribution is 6.02. The zero-order valence-electron chi connectivity index (χ0n) is 20.3. The van der Waals surface area contributed by atoms with E-state index in [0.717, 1.165) is 28.2 Å². The second-order valence-corrected chi connectivity index (χ2v) is 9.26. The second kappa shape index (κ2) is 9.26. The summed E-state index contributed by atoms with van der Waals surface area (Å²) < 4.78 is 2.15. The van der Waals surface area contributed by atoms with Crippen molar-refractivity contribution in [3.63, 3.8) is 0 Å². The Kier molecular flexibility index (Phi) is 6.00. The van der Waals surface area contributed by atoms with Crippen LogP contribution in [0.2, 0.25) is 0 Å². The summed E-state index contributed by atoms with van der Waals surface area (Å²) >= 11 is 0. The number of nitrogens with zero attached hydrogens (tertiary/aromatic N) is 3. The summed E-state index contributed by atoms with van der Waals surface area (Å²) in [5.74, 6) is -0.261. The lowest BCUT2D eigenvalue weighted by Crippen LogP contribution is -2.48. The van der Waals surface area contributed by atoms with E-state index >= 15 is 0 Å². The van der Waals surface area contributed by atoms with Gasteiger partial charge in [0.2, 0.25) is 5.91 Å². The Balaban J connectivity index is 1.58. The van der Waals surface area contributed by atoms with Crippen LogP contribution in [0.25, 0.3) is 5.69 Å². The van der Waals surface area contributed by atoms with E-state index in [4.69, 9.17) is 0 Å². The molecule has 0 aliphatic carbocycles. The number of hydrogen-bond donors (Lipinski definition) is 0. The lowest BCUT2D eigenvalue weighted by molar-refractivity contribution is -0.120. The fourth-order valence-corrected chi connectivity index (χ4v) is 4.78. The first kappa shape index (κ1) is 22.7. The molecule has 0 fully saturated rings. The van der Waals surface area contributed by atoms with Crippen molar-refractivity contribution < 1.29 is 9.59 Å². The van der Waals surface area contributed by atoms with Crippen LogP contribution in [0.3, 0.4) is 0 Å². The van der Waals surface area contributed by atoms with Crippen LogP contribution in [-0.4, -0.2) is 33.9 Å². The summed E-state index contributed by atoms with van der Waals surface area (Å²) in [5.41, 5.74) is 5.59. The minimum atomic E-state index is -0.297. The van der Waals surface area contributed by atoms with Crippen molar-refractivity contribution >= 4 is 17.5 Å². The molecule has 0 saturated carbocycles. The van der Waals surface area contributed by atoms with Gasteiger partial charge in [0.05, 0.1) is 17.1 Å². The van der Waals surface area contributed by atoms with Crippen LogP contribution in [0.15, 0.2) is 97.2 Å². The normalized spacial score (nSPS) is 14.4. The molecule has 35 heavy (non-hydrogen) atoms. The number of carbonyl (C=O) groups is 2. The van der Waals surface area contributed by atoms with Gasteiger partial charge in [0.25, 0.3) is 5.91 Å². The second-order valence-electron chi connectivity index (χ2n) is 9.26. The van der Waals surface area contributed by atoms with Gasteiger partial charge in [-0.25, -0.2) is 0 Å². The summed E-state index contributed by atoms with van der Waals surface area (Å²) in [6.45, 7) is 5.94. The minimum absolute atomic E-state index is 0.0111. The molecule has 1 unspecified atom stereocenters. The van der Waals surface area contributed by atoms with Gasteiger partial charge in [0.1, 0.15) is 12.6 Å². The SMILES string of the molecule is Cc1ccc(C2c3cccn3-c3ccccc3N2C(=O)CN(C(=O)c2ccccc2)C(C)C)cc1. The first-order valence-corrected chi connectivity index (χ1v) is 12.0. The average Bonchev–Trinajstić information content (AvgIpc) is 3.37. The number of benzene rings is 3. The van der Waals surface area contributed by atoms with Gasteiger partial charge in [-0.1, -0.05) is 60.2 Å². The van der Waals surface area contributed by atoms with E-state index in [0.29, 0.717) is 5.56 Å². The van der Waals surface area contributed by atoms with Crippen molar-refractivity contribution in [2.45, 2.75) is 32.9 Å². The molecule has 0 N–H and O–H groups in total. The third-order valence-electron chi connectivity index (χ3n) is 6.59. The average molecular weight is 464 g/mol. The molecule has 0 saturated heterocycles. The molecule has 5 nitrogen and oxygen atoms in total. The van der Waals surface area contributed by atoms with E-state index in [2.05, 4.69) is 41.8 Å². The highest BCUT2D eigenvalue weighted by Crippen LogP contribution is 2.42. The largest absolute Gasteiger partial charge is 0.327 e. The zero-order chi connectivity index (χ0) is 24.5. The van der Waals surface area contributed by atoms with E-state index in [1.807, 2.05) is 73.5 Å². The number of para-hydroxylation sites is 2. The van der Waals surface area contributed by atoms with E-state index in [1.165, 1.54) is 0 Å². The van der Waals surface area contributed by atoms with Crippen LogP contribution >= 0.6 is 0 Å². The highest BCUT2D eigenvalue weighted by atomic mass is 16.2. The predicted octanol–water partition coefficient (Wildman–Crippen LogP) is 5.77. The molecule has 5 heteroatoms. The smallest absolute Gasteiger partial charge is 0.254 e. The van der Waals surface area contributed by atoms with E-state index in [1.54, 1.807) is 17.0 Å². The fourth-order valence-electron chi connectivity index (χ4n) is 4.78. The molecule has 5 rings (SSSR count). The number of aromatic nitrogens is 1. The van der Waals surface area contributed by atoms with Crippen LogP contribution in [0, 0.1) is 6.92 Å². The first-order valence-electron chi connectivity index (χ1n) is 12.0. The summed E-state index contributed by atoms with van der Waals surface area (Å²) in [6, 6.07) is 29.1. The van der Waals surface area contributed by atoms with Gasteiger partial charge < -0.3 is 9.47 Å². The maximum absolute atomic E-state index is 14.1. The molecule has 2 heterocycles. The number of amides is 2. The van der Waals surface area contributed by atoms with Gasteiger partial charge in [-0.3, -0.25) is 14.5 Å². The van der Waals surface area contributed by atoms with Gasteiger partial charge in [-0.05, 0) is 62.7 Å². The van der Waals surface area contributed by atoms with Crippen LogP contribution in [0.4, 0.5) is 5.69 Å². The molecule has 176 valence electrons. The number of hydrogen-bond acceptors (Lipinski definition) is 2. The number of aryl methyl sites for hydroxylation is 1. The van der Waals surface area contributed by atoms with Crippen LogP contribution in [-0.2, 0) is 4.79 Å². The summed E-state index contributed by atoms with van der Waals surface area (Å²) in [4.78, 5) is 31.0. The maximum Gasteiger partial charge on any atom is 0.254 e. The molecule has 1 aromatic heterocycles. The third kappa shape index (κ3) is 4.14. The standard InChI is InChI=1S/C30H29N3O2/c1-21(2)32(30(35)24-10-5-4-6-11-24)20-28(34)33-26-13-8-7-12-25(26)31-19-9-14-27(31)29(33)23-17-15-22(3)16-18-23/h4-19,21,29H,20H2,1-3H3. The number of fused-ring (bicyclic) bond motifs is 3. The fraction of sp³-hybridized carbons (Fsp3) is 0.200. The zero-order valence-corrected chi connectivity index (χ0v) is 20.3. The Hall–Kier alpha value is -4.12. The molecule has 0 bridgehead atoms. The van der Waals surface area contributed by atoms with Crippen LogP contribution < -0.4 is 4.90 Å². The molecule has 2 amide bonds. The van der Waals surface area contributed by atoms with E-state index in [9.17, 15) is 9.59 Å². The molecule has 0 radical (unpaired) electrons. The number of anilines is 1. The van der Waals surface area contributed by atoms with Gasteiger partial charge in [0.15, 0.2) is 0 Å². The van der Waals surface area contributed by atoms with Crippen molar-refractivity contribution in [3.8, 4) is 5.69 Å². The lowest BCUT2D eigenvalue weighted by Gasteiger charge is -2.40. The Morgan fingerprint density at radius 1 is 0.829 bits per heavy atom. The molecular weight excluding hydrogens is 434 g/mol. The Labute approximate surface area is 206 Å². The maximum atomic E-state index is 14.1. The topological polar surface area (TPSA) is 45.6 Å². The molecular formula is C30H29N3O2. The Morgan fingerprint density at radius 3 is 2.17 bits per heavy atom.